The minimum atomic E-state index is -0.273. The van der Waals surface area contributed by atoms with Crippen LogP contribution in [0.4, 0.5) is 10.7 Å². The number of nitrogens with two attached hydrogens (primary N) is 1. The first-order chi connectivity index (χ1) is 10.1. The summed E-state index contributed by atoms with van der Waals surface area (Å²) in [4.78, 5) is 15.0. The molecule has 3 rings (SSSR count). The second-order valence-corrected chi connectivity index (χ2v) is 7.23. The number of ether oxygens (including phenoxy) is 1. The van der Waals surface area contributed by atoms with E-state index in [0.717, 1.165) is 12.5 Å². The van der Waals surface area contributed by atoms with E-state index in [1.807, 2.05) is 6.92 Å². The van der Waals surface area contributed by atoms with E-state index in [1.165, 1.54) is 54.0 Å². The lowest BCUT2D eigenvalue weighted by Crippen LogP contribution is -2.29. The number of esters is 1. The van der Waals surface area contributed by atoms with Gasteiger partial charge >= 0.3 is 5.97 Å². The third-order valence-electron chi connectivity index (χ3n) is 4.51. The molecule has 0 radical (unpaired) electrons. The van der Waals surface area contributed by atoms with Gasteiger partial charge in [-0.3, -0.25) is 0 Å². The van der Waals surface area contributed by atoms with E-state index >= 15 is 0 Å². The van der Waals surface area contributed by atoms with Crippen LogP contribution in [-0.4, -0.2) is 26.2 Å². The number of carbonyl (C=O) groups is 1. The van der Waals surface area contributed by atoms with Crippen molar-refractivity contribution in [1.82, 2.24) is 0 Å². The molecule has 2 fully saturated rings. The molecule has 1 aromatic rings. The molecule has 0 bridgehead atoms. The van der Waals surface area contributed by atoms with Crippen LogP contribution in [0.1, 0.15) is 60.2 Å². The monoisotopic (exact) mass is 308 g/mol. The van der Waals surface area contributed by atoms with Gasteiger partial charge in [-0.25, -0.2) is 4.79 Å². The molecule has 0 saturated heterocycles. The van der Waals surface area contributed by atoms with Crippen molar-refractivity contribution in [1.29, 1.82) is 0 Å². The van der Waals surface area contributed by atoms with E-state index in [0.29, 0.717) is 23.1 Å². The van der Waals surface area contributed by atoms with Crippen LogP contribution in [0.15, 0.2) is 0 Å². The fourth-order valence-corrected chi connectivity index (χ4v) is 4.16. The molecule has 2 aliphatic carbocycles. The Labute approximate surface area is 130 Å². The van der Waals surface area contributed by atoms with E-state index < -0.39 is 0 Å². The summed E-state index contributed by atoms with van der Waals surface area (Å²) >= 11 is 1.51. The van der Waals surface area contributed by atoms with Gasteiger partial charge in [-0.2, -0.15) is 0 Å². The number of hydrogen-bond acceptors (Lipinski definition) is 5. The van der Waals surface area contributed by atoms with Gasteiger partial charge in [-0.05, 0) is 44.4 Å². The minimum absolute atomic E-state index is 0.273. The van der Waals surface area contributed by atoms with Gasteiger partial charge in [-0.15, -0.1) is 11.3 Å². The molecule has 1 heterocycles. The van der Waals surface area contributed by atoms with Crippen LogP contribution in [0.2, 0.25) is 0 Å². The van der Waals surface area contributed by atoms with Crippen LogP contribution >= 0.6 is 11.3 Å². The minimum Gasteiger partial charge on any atom is -0.462 e. The van der Waals surface area contributed by atoms with Gasteiger partial charge in [0.25, 0.3) is 0 Å². The van der Waals surface area contributed by atoms with E-state index in [9.17, 15) is 4.79 Å². The molecular formula is C16H24N2O2S. The lowest BCUT2D eigenvalue weighted by atomic mass is 9.85. The molecule has 116 valence electrons. The molecule has 0 aromatic carbocycles. The van der Waals surface area contributed by atoms with Gasteiger partial charge in [0.1, 0.15) is 4.88 Å². The molecule has 0 atom stereocenters. The van der Waals surface area contributed by atoms with Crippen LogP contribution in [0.5, 0.6) is 0 Å². The maximum atomic E-state index is 12.1. The normalized spacial score (nSPS) is 18.4. The summed E-state index contributed by atoms with van der Waals surface area (Å²) in [6.07, 6.45) is 6.39. The zero-order chi connectivity index (χ0) is 15.0. The zero-order valence-corrected chi connectivity index (χ0v) is 13.7. The number of thiophene rings is 1. The molecule has 4 nitrogen and oxygen atoms in total. The number of rotatable bonds is 6. The summed E-state index contributed by atoms with van der Waals surface area (Å²) in [6.45, 7) is 3.29. The van der Waals surface area contributed by atoms with E-state index in [4.69, 9.17) is 10.5 Å². The highest BCUT2D eigenvalue weighted by atomic mass is 32.1. The summed E-state index contributed by atoms with van der Waals surface area (Å²) in [5.74, 6) is 1.07. The molecule has 1 aromatic heterocycles. The van der Waals surface area contributed by atoms with Gasteiger partial charge in [0.05, 0.1) is 17.3 Å². The van der Waals surface area contributed by atoms with Crippen LogP contribution in [-0.2, 0) is 4.74 Å². The molecule has 2 N–H and O–H groups in total. The SMILES string of the molecule is CCOC(=O)c1sc(N(C)CC2CCC2)c(C2CC2)c1N. The molecule has 2 aliphatic rings. The van der Waals surface area contributed by atoms with Crippen LogP contribution in [0, 0.1) is 5.92 Å². The maximum absolute atomic E-state index is 12.1. The smallest absolute Gasteiger partial charge is 0.350 e. The van der Waals surface area contributed by atoms with Crippen molar-refractivity contribution in [2.24, 2.45) is 5.92 Å². The number of nitrogens with zero attached hydrogens (tertiary/aromatic N) is 1. The lowest BCUT2D eigenvalue weighted by Gasteiger charge is -2.31. The number of carbonyl (C=O) groups excluding carboxylic acids is 1. The first kappa shape index (κ1) is 14.7. The maximum Gasteiger partial charge on any atom is 0.350 e. The molecule has 0 unspecified atom stereocenters. The average Bonchev–Trinajstić information content (AvgIpc) is 3.17. The Bertz CT molecular complexity index is 533. The average molecular weight is 308 g/mol. The molecule has 0 spiro atoms. The van der Waals surface area contributed by atoms with Crippen molar-refractivity contribution < 1.29 is 9.53 Å². The van der Waals surface area contributed by atoms with Gasteiger partial charge < -0.3 is 15.4 Å². The predicted octanol–water partition coefficient (Wildman–Crippen LogP) is 3.62. The van der Waals surface area contributed by atoms with Crippen LogP contribution in [0.3, 0.4) is 0 Å². The molecule has 5 heteroatoms. The molecular weight excluding hydrogens is 284 g/mol. The Balaban J connectivity index is 1.86. The lowest BCUT2D eigenvalue weighted by molar-refractivity contribution is 0.0533. The molecule has 0 amide bonds. The summed E-state index contributed by atoms with van der Waals surface area (Å²) < 4.78 is 5.14. The molecule has 0 aliphatic heterocycles. The Morgan fingerprint density at radius 1 is 1.38 bits per heavy atom. The summed E-state index contributed by atoms with van der Waals surface area (Å²) in [5, 5.41) is 1.19. The fourth-order valence-electron chi connectivity index (χ4n) is 2.99. The third-order valence-corrected chi connectivity index (χ3v) is 5.83. The third kappa shape index (κ3) is 2.89. The van der Waals surface area contributed by atoms with Gasteiger partial charge in [-0.1, -0.05) is 6.42 Å². The van der Waals surface area contributed by atoms with Gasteiger partial charge in [0.2, 0.25) is 0 Å². The van der Waals surface area contributed by atoms with Gasteiger partial charge in [0.15, 0.2) is 0 Å². The topological polar surface area (TPSA) is 55.6 Å². The van der Waals surface area contributed by atoms with Crippen LogP contribution < -0.4 is 10.6 Å². The fraction of sp³-hybridized carbons (Fsp3) is 0.688. The highest BCUT2D eigenvalue weighted by Crippen LogP contribution is 2.52. The van der Waals surface area contributed by atoms with Crippen molar-refractivity contribution >= 4 is 28.0 Å². The summed E-state index contributed by atoms with van der Waals surface area (Å²) in [6, 6.07) is 0. The standard InChI is InChI=1S/C16H24N2O2S/c1-3-20-16(19)14-13(17)12(11-7-8-11)15(21-14)18(2)9-10-5-4-6-10/h10-11H,3-9,17H2,1-2H3. The highest BCUT2D eigenvalue weighted by Gasteiger charge is 2.35. The highest BCUT2D eigenvalue weighted by molar-refractivity contribution is 7.18. The largest absolute Gasteiger partial charge is 0.462 e. The van der Waals surface area contributed by atoms with E-state index in [-0.39, 0.29) is 5.97 Å². The summed E-state index contributed by atoms with van der Waals surface area (Å²) in [7, 11) is 2.13. The van der Waals surface area contributed by atoms with Crippen molar-refractivity contribution in [3.63, 3.8) is 0 Å². The second kappa shape index (κ2) is 5.87. The van der Waals surface area contributed by atoms with Crippen molar-refractivity contribution in [3.05, 3.63) is 10.4 Å². The van der Waals surface area contributed by atoms with Crippen molar-refractivity contribution in [2.45, 2.75) is 44.9 Å². The van der Waals surface area contributed by atoms with Crippen molar-refractivity contribution in [3.8, 4) is 0 Å². The number of nitrogen functional groups attached to an aromatic ring is 1. The van der Waals surface area contributed by atoms with Crippen LogP contribution in [0.25, 0.3) is 0 Å². The number of hydrogen-bond donors (Lipinski definition) is 1. The number of anilines is 2. The van der Waals surface area contributed by atoms with Crippen molar-refractivity contribution in [2.75, 3.05) is 30.8 Å². The zero-order valence-electron chi connectivity index (χ0n) is 12.9. The molecule has 21 heavy (non-hydrogen) atoms. The van der Waals surface area contributed by atoms with E-state index in [1.54, 1.807) is 0 Å². The second-order valence-electron chi connectivity index (χ2n) is 6.24. The molecule has 2 saturated carbocycles. The first-order valence-electron chi connectivity index (χ1n) is 7.92. The summed E-state index contributed by atoms with van der Waals surface area (Å²) in [5.41, 5.74) is 8.14. The van der Waals surface area contributed by atoms with E-state index in [2.05, 4.69) is 11.9 Å². The first-order valence-corrected chi connectivity index (χ1v) is 8.73. The Hall–Kier alpha value is -1.23. The Morgan fingerprint density at radius 2 is 2.10 bits per heavy atom. The predicted molar refractivity (Wildman–Crippen MR) is 87.3 cm³/mol. The Kier molecular flexibility index (Phi) is 4.11. The quantitative estimate of drug-likeness (QED) is 0.816. The van der Waals surface area contributed by atoms with Gasteiger partial charge in [0, 0.05) is 19.2 Å². The Morgan fingerprint density at radius 3 is 2.62 bits per heavy atom.